The minimum absolute atomic E-state index is 0.0145. The Morgan fingerprint density at radius 1 is 1.35 bits per heavy atom. The number of carboxylic acids is 1. The van der Waals surface area contributed by atoms with Crippen LogP contribution in [0.5, 0.6) is 0 Å². The predicted molar refractivity (Wildman–Crippen MR) is 72.5 cm³/mol. The van der Waals surface area contributed by atoms with Gasteiger partial charge in [0, 0.05) is 12.4 Å². The van der Waals surface area contributed by atoms with Gasteiger partial charge in [-0.1, -0.05) is 19.1 Å². The van der Waals surface area contributed by atoms with E-state index in [1.807, 2.05) is 6.92 Å². The van der Waals surface area contributed by atoms with Crippen molar-refractivity contribution >= 4 is 11.9 Å². The van der Waals surface area contributed by atoms with E-state index in [2.05, 4.69) is 15.3 Å². The molecule has 0 spiro atoms. The van der Waals surface area contributed by atoms with E-state index in [1.165, 1.54) is 12.1 Å². The van der Waals surface area contributed by atoms with Crippen molar-refractivity contribution in [2.75, 3.05) is 0 Å². The summed E-state index contributed by atoms with van der Waals surface area (Å²) < 4.78 is 0. The molecule has 1 atom stereocenters. The highest BCUT2D eigenvalue weighted by Crippen LogP contribution is 2.14. The summed E-state index contributed by atoms with van der Waals surface area (Å²) in [6.45, 7) is 1.91. The fourth-order valence-electron chi connectivity index (χ4n) is 1.94. The Bertz CT molecular complexity index is 608. The van der Waals surface area contributed by atoms with E-state index in [0.717, 1.165) is 0 Å². The van der Waals surface area contributed by atoms with E-state index in [9.17, 15) is 9.59 Å². The third-order valence-electron chi connectivity index (χ3n) is 2.97. The second-order valence-electron chi connectivity index (χ2n) is 4.26. The Labute approximate surface area is 115 Å². The van der Waals surface area contributed by atoms with Crippen molar-refractivity contribution in [3.63, 3.8) is 0 Å². The van der Waals surface area contributed by atoms with Crippen molar-refractivity contribution in [3.05, 3.63) is 53.6 Å². The maximum atomic E-state index is 12.2. The molecule has 1 amide bonds. The highest BCUT2D eigenvalue weighted by molar-refractivity contribution is 6.04. The second kappa shape index (κ2) is 6.01. The third kappa shape index (κ3) is 2.85. The number of carboxylic acid groups (broad SMARTS) is 1. The molecule has 0 saturated heterocycles. The van der Waals surface area contributed by atoms with Gasteiger partial charge in [-0.25, -0.2) is 9.78 Å². The van der Waals surface area contributed by atoms with Crippen LogP contribution in [0.15, 0.2) is 36.7 Å². The van der Waals surface area contributed by atoms with Crippen LogP contribution in [-0.4, -0.2) is 27.0 Å². The van der Waals surface area contributed by atoms with Crippen molar-refractivity contribution in [2.24, 2.45) is 0 Å². The van der Waals surface area contributed by atoms with Crippen LogP contribution in [0, 0.1) is 0 Å². The zero-order valence-corrected chi connectivity index (χ0v) is 11.0. The lowest BCUT2D eigenvalue weighted by molar-refractivity contribution is 0.0690. The molecule has 6 heteroatoms. The van der Waals surface area contributed by atoms with E-state index in [0.29, 0.717) is 12.2 Å². The van der Waals surface area contributed by atoms with Gasteiger partial charge in [-0.2, -0.15) is 0 Å². The first-order valence-corrected chi connectivity index (χ1v) is 6.26. The van der Waals surface area contributed by atoms with Crippen LogP contribution in [-0.2, 0) is 0 Å². The summed E-state index contributed by atoms with van der Waals surface area (Å²) in [5.74, 6) is -0.901. The lowest BCUT2D eigenvalue weighted by Gasteiger charge is -2.15. The van der Waals surface area contributed by atoms with Gasteiger partial charge in [0.15, 0.2) is 0 Å². The van der Waals surface area contributed by atoms with Crippen LogP contribution in [0.3, 0.4) is 0 Å². The minimum Gasteiger partial charge on any atom is -0.478 e. The lowest BCUT2D eigenvalue weighted by atomic mass is 10.1. The number of benzene rings is 1. The van der Waals surface area contributed by atoms with Crippen LogP contribution in [0.25, 0.3) is 0 Å². The SMILES string of the molecule is CCC(NC(=O)c1ccccc1C(=O)O)c1ncc[nH]1. The molecule has 0 aliphatic carbocycles. The van der Waals surface area contributed by atoms with Gasteiger partial charge in [-0.3, -0.25) is 4.79 Å². The number of rotatable bonds is 5. The number of nitrogens with zero attached hydrogens (tertiary/aromatic N) is 1. The first-order chi connectivity index (χ1) is 9.63. The van der Waals surface area contributed by atoms with Gasteiger partial charge in [0.05, 0.1) is 17.2 Å². The zero-order valence-electron chi connectivity index (χ0n) is 11.0. The van der Waals surface area contributed by atoms with Gasteiger partial charge in [0.25, 0.3) is 5.91 Å². The number of imidazole rings is 1. The fourth-order valence-corrected chi connectivity index (χ4v) is 1.94. The number of aromatic nitrogens is 2. The number of aromatic carboxylic acids is 1. The number of hydrogen-bond donors (Lipinski definition) is 3. The average molecular weight is 273 g/mol. The third-order valence-corrected chi connectivity index (χ3v) is 2.97. The Morgan fingerprint density at radius 2 is 2.05 bits per heavy atom. The van der Waals surface area contributed by atoms with Crippen LogP contribution in [0.1, 0.15) is 45.9 Å². The highest BCUT2D eigenvalue weighted by atomic mass is 16.4. The number of nitrogens with one attached hydrogen (secondary N) is 2. The number of H-pyrrole nitrogens is 1. The topological polar surface area (TPSA) is 95.1 Å². The quantitative estimate of drug-likeness (QED) is 0.776. The molecule has 1 unspecified atom stereocenters. The summed E-state index contributed by atoms with van der Waals surface area (Å²) in [6, 6.07) is 5.84. The zero-order chi connectivity index (χ0) is 14.5. The van der Waals surface area contributed by atoms with Crippen molar-refractivity contribution < 1.29 is 14.7 Å². The summed E-state index contributed by atoms with van der Waals surface area (Å²) in [6.07, 6.45) is 3.93. The van der Waals surface area contributed by atoms with Crippen LogP contribution >= 0.6 is 0 Å². The molecule has 1 aromatic carbocycles. The van der Waals surface area contributed by atoms with Gasteiger partial charge < -0.3 is 15.4 Å². The van der Waals surface area contributed by atoms with Gasteiger partial charge in [0.1, 0.15) is 5.82 Å². The molecule has 1 aromatic heterocycles. The van der Waals surface area contributed by atoms with E-state index in [-0.39, 0.29) is 17.2 Å². The molecule has 0 bridgehead atoms. The molecule has 0 fully saturated rings. The molecular formula is C14H15N3O3. The Hall–Kier alpha value is -2.63. The first-order valence-electron chi connectivity index (χ1n) is 6.26. The Kier molecular flexibility index (Phi) is 4.14. The van der Waals surface area contributed by atoms with Crippen LogP contribution in [0.4, 0.5) is 0 Å². The van der Waals surface area contributed by atoms with Gasteiger partial charge in [-0.05, 0) is 18.6 Å². The molecule has 0 aliphatic heterocycles. The standard InChI is InChI=1S/C14H15N3O3/c1-2-11(12-15-7-8-16-12)17-13(18)9-5-3-4-6-10(9)14(19)20/h3-8,11H,2H2,1H3,(H,15,16)(H,17,18)(H,19,20). The van der Waals surface area contributed by atoms with Gasteiger partial charge in [0.2, 0.25) is 0 Å². The Balaban J connectivity index is 2.22. The lowest BCUT2D eigenvalue weighted by Crippen LogP contribution is -2.30. The monoisotopic (exact) mass is 273 g/mol. The smallest absolute Gasteiger partial charge is 0.336 e. The molecule has 0 aliphatic rings. The minimum atomic E-state index is -1.12. The molecule has 1 heterocycles. The summed E-state index contributed by atoms with van der Waals surface area (Å²) in [4.78, 5) is 30.4. The molecule has 20 heavy (non-hydrogen) atoms. The largest absolute Gasteiger partial charge is 0.478 e. The van der Waals surface area contributed by atoms with E-state index >= 15 is 0 Å². The van der Waals surface area contributed by atoms with Crippen LogP contribution in [0.2, 0.25) is 0 Å². The van der Waals surface area contributed by atoms with E-state index in [4.69, 9.17) is 5.11 Å². The van der Waals surface area contributed by atoms with Gasteiger partial charge >= 0.3 is 5.97 Å². The number of carbonyl (C=O) groups is 2. The number of carbonyl (C=O) groups excluding carboxylic acids is 1. The normalized spacial score (nSPS) is 11.8. The summed E-state index contributed by atoms with van der Waals surface area (Å²) in [5, 5.41) is 11.9. The first kappa shape index (κ1) is 13.8. The number of hydrogen-bond acceptors (Lipinski definition) is 3. The number of amides is 1. The van der Waals surface area contributed by atoms with E-state index < -0.39 is 11.9 Å². The average Bonchev–Trinajstić information content (AvgIpc) is 2.98. The van der Waals surface area contributed by atoms with Crippen molar-refractivity contribution in [2.45, 2.75) is 19.4 Å². The molecule has 6 nitrogen and oxygen atoms in total. The molecule has 104 valence electrons. The molecule has 2 rings (SSSR count). The highest BCUT2D eigenvalue weighted by Gasteiger charge is 2.20. The summed E-state index contributed by atoms with van der Waals surface area (Å²) in [7, 11) is 0. The maximum absolute atomic E-state index is 12.2. The summed E-state index contributed by atoms with van der Waals surface area (Å²) in [5.41, 5.74) is 0.129. The predicted octanol–water partition coefficient (Wildman–Crippen LogP) is 1.99. The van der Waals surface area contributed by atoms with Crippen molar-refractivity contribution in [3.8, 4) is 0 Å². The van der Waals surface area contributed by atoms with E-state index in [1.54, 1.807) is 24.5 Å². The number of aromatic amines is 1. The summed E-state index contributed by atoms with van der Waals surface area (Å²) >= 11 is 0. The Morgan fingerprint density at radius 3 is 2.60 bits per heavy atom. The van der Waals surface area contributed by atoms with Gasteiger partial charge in [-0.15, -0.1) is 0 Å². The molecular weight excluding hydrogens is 258 g/mol. The van der Waals surface area contributed by atoms with Crippen molar-refractivity contribution in [1.82, 2.24) is 15.3 Å². The van der Waals surface area contributed by atoms with Crippen molar-refractivity contribution in [1.29, 1.82) is 0 Å². The maximum Gasteiger partial charge on any atom is 0.336 e. The molecule has 0 saturated carbocycles. The molecule has 3 N–H and O–H groups in total. The fraction of sp³-hybridized carbons (Fsp3) is 0.214. The second-order valence-corrected chi connectivity index (χ2v) is 4.26. The van der Waals surface area contributed by atoms with Crippen LogP contribution < -0.4 is 5.32 Å². The molecule has 2 aromatic rings. The molecule has 0 radical (unpaired) electrons.